The Morgan fingerprint density at radius 1 is 1.44 bits per heavy atom. The molecule has 1 aromatic carbocycles. The number of nitrogens with zero attached hydrogens (tertiary/aromatic N) is 1. The van der Waals surface area contributed by atoms with E-state index in [9.17, 15) is 4.79 Å². The minimum absolute atomic E-state index is 0.0958. The molecule has 94 valence electrons. The summed E-state index contributed by atoms with van der Waals surface area (Å²) in [4.78, 5) is 16.4. The number of methoxy groups -OCH3 is 1. The molecule has 0 aliphatic rings. The van der Waals surface area contributed by atoms with Gasteiger partial charge in [0.15, 0.2) is 10.9 Å². The molecule has 0 aliphatic heterocycles. The molecule has 0 aliphatic carbocycles. The van der Waals surface area contributed by atoms with Gasteiger partial charge in [0.1, 0.15) is 11.4 Å². The number of nitrogen functional groups attached to an aromatic ring is 1. The zero-order chi connectivity index (χ0) is 13.3. The lowest BCUT2D eigenvalue weighted by Crippen LogP contribution is -1.97. The van der Waals surface area contributed by atoms with Crippen molar-refractivity contribution in [3.63, 3.8) is 0 Å². The van der Waals surface area contributed by atoms with E-state index in [2.05, 4.69) is 4.98 Å². The van der Waals surface area contributed by atoms with Crippen LogP contribution in [0, 0.1) is 6.92 Å². The van der Waals surface area contributed by atoms with Crippen molar-refractivity contribution in [1.29, 1.82) is 0 Å². The minimum Gasteiger partial charge on any atom is -0.496 e. The molecular weight excluding hydrogens is 248 g/mol. The van der Waals surface area contributed by atoms with Crippen LogP contribution in [0.5, 0.6) is 5.75 Å². The van der Waals surface area contributed by atoms with Gasteiger partial charge in [-0.05, 0) is 19.1 Å². The monoisotopic (exact) mass is 262 g/mol. The maximum Gasteiger partial charge on any atom is 0.181 e. The Balaban J connectivity index is 2.68. The summed E-state index contributed by atoms with van der Waals surface area (Å²) in [5, 5.41) is 0.388. The molecule has 5 heteroatoms. The Morgan fingerprint density at radius 2 is 2.17 bits per heavy atom. The normalized spacial score (nSPS) is 10.4. The molecule has 2 N–H and O–H groups in total. The van der Waals surface area contributed by atoms with E-state index in [0.29, 0.717) is 16.6 Å². The third-order valence-corrected chi connectivity index (χ3v) is 3.49. The van der Waals surface area contributed by atoms with Gasteiger partial charge in [-0.3, -0.25) is 4.79 Å². The quantitative estimate of drug-likeness (QED) is 0.864. The molecular formula is C13H14N2O2S. The lowest BCUT2D eigenvalue weighted by atomic mass is 10.1. The molecule has 18 heavy (non-hydrogen) atoms. The second-order valence-corrected chi connectivity index (χ2v) is 5.02. The van der Waals surface area contributed by atoms with E-state index in [0.717, 1.165) is 16.0 Å². The van der Waals surface area contributed by atoms with Crippen molar-refractivity contribution in [3.8, 4) is 16.2 Å². The number of thiazole rings is 1. The number of aryl methyl sites for hydroxylation is 1. The lowest BCUT2D eigenvalue weighted by molar-refractivity contribution is 0.101. The summed E-state index contributed by atoms with van der Waals surface area (Å²) in [6.07, 6.45) is 0. The van der Waals surface area contributed by atoms with E-state index < -0.39 is 0 Å². The van der Waals surface area contributed by atoms with Gasteiger partial charge in [-0.25, -0.2) is 4.98 Å². The van der Waals surface area contributed by atoms with E-state index in [1.54, 1.807) is 7.11 Å². The van der Waals surface area contributed by atoms with Crippen molar-refractivity contribution in [2.24, 2.45) is 0 Å². The Kier molecular flexibility index (Phi) is 3.34. The number of ether oxygens (including phenoxy) is 1. The number of carbonyl (C=O) groups is 1. The van der Waals surface area contributed by atoms with E-state index in [1.807, 2.05) is 25.1 Å². The first kappa shape index (κ1) is 12.6. The number of benzene rings is 1. The van der Waals surface area contributed by atoms with Crippen LogP contribution in [0.4, 0.5) is 5.13 Å². The van der Waals surface area contributed by atoms with Gasteiger partial charge in [0.25, 0.3) is 0 Å². The molecule has 0 unspecified atom stereocenters. The summed E-state index contributed by atoms with van der Waals surface area (Å²) in [5.74, 6) is 0.619. The second kappa shape index (κ2) is 4.78. The number of rotatable bonds is 3. The average Bonchev–Trinajstić information content (AvgIpc) is 2.71. The van der Waals surface area contributed by atoms with Crippen LogP contribution in [-0.4, -0.2) is 17.9 Å². The molecule has 0 saturated heterocycles. The van der Waals surface area contributed by atoms with Gasteiger partial charge in [0.2, 0.25) is 0 Å². The van der Waals surface area contributed by atoms with Crippen molar-refractivity contribution in [2.45, 2.75) is 13.8 Å². The highest BCUT2D eigenvalue weighted by Crippen LogP contribution is 2.38. The Bertz CT molecular complexity index is 605. The van der Waals surface area contributed by atoms with Gasteiger partial charge >= 0.3 is 0 Å². The Labute approximate surface area is 109 Å². The smallest absolute Gasteiger partial charge is 0.181 e. The number of hydrogen-bond donors (Lipinski definition) is 1. The Hall–Kier alpha value is -1.88. The average molecular weight is 262 g/mol. The van der Waals surface area contributed by atoms with Gasteiger partial charge in [-0.2, -0.15) is 0 Å². The molecule has 4 nitrogen and oxygen atoms in total. The van der Waals surface area contributed by atoms with Crippen molar-refractivity contribution < 1.29 is 9.53 Å². The van der Waals surface area contributed by atoms with E-state index in [4.69, 9.17) is 10.5 Å². The van der Waals surface area contributed by atoms with Crippen LogP contribution < -0.4 is 10.5 Å². The molecule has 0 atom stereocenters. The van der Waals surface area contributed by atoms with Crippen LogP contribution in [-0.2, 0) is 0 Å². The van der Waals surface area contributed by atoms with Crippen LogP contribution in [0.1, 0.15) is 23.0 Å². The van der Waals surface area contributed by atoms with Crippen molar-refractivity contribution in [3.05, 3.63) is 29.5 Å². The van der Waals surface area contributed by atoms with Gasteiger partial charge in [-0.15, -0.1) is 0 Å². The number of nitrogens with two attached hydrogens (primary N) is 1. The largest absolute Gasteiger partial charge is 0.496 e. The van der Waals surface area contributed by atoms with Crippen LogP contribution in [0.2, 0.25) is 0 Å². The predicted octanol–water partition coefficient (Wildman–Crippen LogP) is 2.91. The first-order chi connectivity index (χ1) is 8.52. The van der Waals surface area contributed by atoms with Crippen molar-refractivity contribution in [2.75, 3.05) is 12.8 Å². The van der Waals surface area contributed by atoms with Gasteiger partial charge < -0.3 is 10.5 Å². The van der Waals surface area contributed by atoms with E-state index in [1.165, 1.54) is 18.3 Å². The van der Waals surface area contributed by atoms with Gasteiger partial charge in [-0.1, -0.05) is 23.0 Å². The summed E-state index contributed by atoms with van der Waals surface area (Å²) < 4.78 is 5.33. The van der Waals surface area contributed by atoms with Crippen LogP contribution in [0.15, 0.2) is 18.2 Å². The second-order valence-electron chi connectivity index (χ2n) is 3.99. The van der Waals surface area contributed by atoms with E-state index in [-0.39, 0.29) is 5.78 Å². The summed E-state index contributed by atoms with van der Waals surface area (Å²) >= 11 is 1.30. The highest BCUT2D eigenvalue weighted by atomic mass is 32.1. The zero-order valence-corrected chi connectivity index (χ0v) is 11.3. The maximum atomic E-state index is 11.6. The summed E-state index contributed by atoms with van der Waals surface area (Å²) in [7, 11) is 1.60. The highest BCUT2D eigenvalue weighted by Gasteiger charge is 2.18. The molecule has 0 amide bonds. The number of carbonyl (C=O) groups excluding carboxylic acids is 1. The molecule has 2 rings (SSSR count). The minimum atomic E-state index is -0.0958. The SMILES string of the molecule is COc1ccc(C)cc1-c1sc(N)nc1C(C)=O. The third-order valence-electron chi connectivity index (χ3n) is 2.58. The number of aromatic nitrogens is 1. The summed E-state index contributed by atoms with van der Waals surface area (Å²) in [6, 6.07) is 5.81. The number of ketones is 1. The number of hydrogen-bond acceptors (Lipinski definition) is 5. The first-order valence-electron chi connectivity index (χ1n) is 5.45. The van der Waals surface area contributed by atoms with Gasteiger partial charge in [0, 0.05) is 12.5 Å². The number of Topliss-reactive ketones (excluding diaryl/α,β-unsaturated/α-hetero) is 1. The summed E-state index contributed by atoms with van der Waals surface area (Å²) in [6.45, 7) is 3.47. The molecule has 1 heterocycles. The van der Waals surface area contributed by atoms with Gasteiger partial charge in [0.05, 0.1) is 12.0 Å². The third kappa shape index (κ3) is 2.22. The number of anilines is 1. The maximum absolute atomic E-state index is 11.6. The molecule has 0 spiro atoms. The fourth-order valence-electron chi connectivity index (χ4n) is 1.76. The first-order valence-corrected chi connectivity index (χ1v) is 6.27. The molecule has 2 aromatic rings. The van der Waals surface area contributed by atoms with Crippen molar-refractivity contribution >= 4 is 22.3 Å². The highest BCUT2D eigenvalue weighted by molar-refractivity contribution is 7.19. The molecule has 1 aromatic heterocycles. The molecule has 0 fully saturated rings. The predicted molar refractivity (Wildman–Crippen MR) is 73.3 cm³/mol. The van der Waals surface area contributed by atoms with Crippen LogP contribution in [0.25, 0.3) is 10.4 Å². The zero-order valence-electron chi connectivity index (χ0n) is 10.5. The van der Waals surface area contributed by atoms with Crippen LogP contribution >= 0.6 is 11.3 Å². The lowest BCUT2D eigenvalue weighted by Gasteiger charge is -2.08. The molecule has 0 bridgehead atoms. The standard InChI is InChI=1S/C13H14N2O2S/c1-7-4-5-10(17-3)9(6-7)12-11(8(2)16)15-13(14)18-12/h4-6H,1-3H3,(H2,14,15). The summed E-state index contributed by atoms with van der Waals surface area (Å²) in [5.41, 5.74) is 8.05. The Morgan fingerprint density at radius 3 is 2.78 bits per heavy atom. The topological polar surface area (TPSA) is 65.2 Å². The molecule has 0 radical (unpaired) electrons. The van der Waals surface area contributed by atoms with E-state index >= 15 is 0 Å². The fraction of sp³-hybridized carbons (Fsp3) is 0.231. The van der Waals surface area contributed by atoms with Crippen molar-refractivity contribution in [1.82, 2.24) is 4.98 Å². The fourth-order valence-corrected chi connectivity index (χ4v) is 2.66. The van der Waals surface area contributed by atoms with Crippen LogP contribution in [0.3, 0.4) is 0 Å². The molecule has 0 saturated carbocycles.